The third-order valence-corrected chi connectivity index (χ3v) is 3.92. The lowest BCUT2D eigenvalue weighted by atomic mass is 10.2. The Bertz CT molecular complexity index is 762. The van der Waals surface area contributed by atoms with Gasteiger partial charge in [-0.25, -0.2) is 5.43 Å². The number of amides is 1. The maximum atomic E-state index is 12.1. The summed E-state index contributed by atoms with van der Waals surface area (Å²) in [6.07, 6.45) is 1.48. The monoisotopic (exact) mass is 440 g/mol. The van der Waals surface area contributed by atoms with Crippen LogP contribution < -0.4 is 14.9 Å². The minimum absolute atomic E-state index is 0.0610. The largest absolute Gasteiger partial charge is 0.504 e. The lowest BCUT2D eigenvalue weighted by Crippen LogP contribution is -2.17. The summed E-state index contributed by atoms with van der Waals surface area (Å²) in [7, 11) is 1.58. The van der Waals surface area contributed by atoms with Gasteiger partial charge in [-0.15, -0.1) is 0 Å². The molecule has 2 aromatic carbocycles. The van der Waals surface area contributed by atoms with E-state index in [0.29, 0.717) is 29.2 Å². The van der Waals surface area contributed by atoms with Gasteiger partial charge in [-0.3, -0.25) is 4.79 Å². The van der Waals surface area contributed by atoms with Gasteiger partial charge < -0.3 is 14.6 Å². The van der Waals surface area contributed by atoms with Crippen molar-refractivity contribution >= 4 is 34.7 Å². The van der Waals surface area contributed by atoms with Gasteiger partial charge >= 0.3 is 0 Å². The van der Waals surface area contributed by atoms with E-state index in [2.05, 4.69) is 33.1 Å². The van der Waals surface area contributed by atoms with Gasteiger partial charge in [0.25, 0.3) is 5.91 Å². The minimum atomic E-state index is -0.323. The molecule has 1 amide bonds. The minimum Gasteiger partial charge on any atom is -0.504 e. The maximum Gasteiger partial charge on any atom is 0.271 e. The number of methoxy groups -OCH3 is 1. The van der Waals surface area contributed by atoms with Gasteiger partial charge in [-0.2, -0.15) is 5.10 Å². The van der Waals surface area contributed by atoms with Crippen LogP contribution in [0.3, 0.4) is 0 Å². The number of nitrogens with zero attached hydrogens (tertiary/aromatic N) is 1. The summed E-state index contributed by atoms with van der Waals surface area (Å²) in [6.45, 7) is 2.28. The first-order valence-corrected chi connectivity index (χ1v) is 8.25. The summed E-state index contributed by atoms with van der Waals surface area (Å²) in [5.74, 6) is 0.821. The topological polar surface area (TPSA) is 80.2 Å². The maximum absolute atomic E-state index is 12.1. The van der Waals surface area contributed by atoms with Gasteiger partial charge in [-0.05, 0) is 71.5 Å². The summed E-state index contributed by atoms with van der Waals surface area (Å²) < 4.78 is 11.3. The molecule has 7 heteroatoms. The Balaban J connectivity index is 2.04. The van der Waals surface area contributed by atoms with E-state index in [1.54, 1.807) is 37.4 Å². The average molecular weight is 440 g/mol. The van der Waals surface area contributed by atoms with Gasteiger partial charge in [-0.1, -0.05) is 0 Å². The molecule has 0 fully saturated rings. The van der Waals surface area contributed by atoms with Crippen LogP contribution in [0.15, 0.2) is 41.5 Å². The zero-order valence-corrected chi connectivity index (χ0v) is 15.4. The lowest BCUT2D eigenvalue weighted by Gasteiger charge is -2.06. The molecule has 6 nitrogen and oxygen atoms in total. The molecule has 0 atom stereocenters. The molecule has 126 valence electrons. The summed E-state index contributed by atoms with van der Waals surface area (Å²) in [5, 5.41) is 13.6. The highest BCUT2D eigenvalue weighted by Crippen LogP contribution is 2.26. The second-order valence-corrected chi connectivity index (χ2v) is 5.87. The number of carbonyl (C=O) groups is 1. The van der Waals surface area contributed by atoms with E-state index < -0.39 is 0 Å². The molecule has 0 radical (unpaired) electrons. The van der Waals surface area contributed by atoms with Crippen LogP contribution in [0.4, 0.5) is 0 Å². The van der Waals surface area contributed by atoms with E-state index in [0.717, 1.165) is 3.57 Å². The molecule has 0 heterocycles. The molecule has 0 unspecified atom stereocenters. The Morgan fingerprint density at radius 3 is 2.75 bits per heavy atom. The van der Waals surface area contributed by atoms with E-state index in [4.69, 9.17) is 9.47 Å². The second kappa shape index (κ2) is 8.53. The molecule has 24 heavy (non-hydrogen) atoms. The molecule has 2 aromatic rings. The highest BCUT2D eigenvalue weighted by atomic mass is 127. The molecular weight excluding hydrogens is 423 g/mol. The Hall–Kier alpha value is -2.29. The molecule has 0 aliphatic carbocycles. The smallest absolute Gasteiger partial charge is 0.271 e. The fraction of sp³-hybridized carbons (Fsp3) is 0.176. The standard InChI is InChI=1S/C17H17IN2O4/c1-3-24-16-8-11(4-6-14(16)21)10-19-20-17(22)12-5-7-15(23-2)13(18)9-12/h4-10,21H,3H2,1-2H3,(H,20,22)/b19-10-. The van der Waals surface area contributed by atoms with Crippen molar-refractivity contribution in [3.8, 4) is 17.2 Å². The first kappa shape index (κ1) is 18.1. The normalized spacial score (nSPS) is 10.6. The van der Waals surface area contributed by atoms with E-state index in [1.807, 2.05) is 6.92 Å². The summed E-state index contributed by atoms with van der Waals surface area (Å²) >= 11 is 2.10. The number of hydrogen-bond donors (Lipinski definition) is 2. The van der Waals surface area contributed by atoms with Crippen LogP contribution in [-0.4, -0.2) is 30.9 Å². The van der Waals surface area contributed by atoms with Crippen molar-refractivity contribution in [1.82, 2.24) is 5.43 Å². The molecule has 0 spiro atoms. The van der Waals surface area contributed by atoms with E-state index in [9.17, 15) is 9.90 Å². The third kappa shape index (κ3) is 4.60. The molecule has 2 N–H and O–H groups in total. The van der Waals surface area contributed by atoms with E-state index in [1.165, 1.54) is 12.3 Å². The van der Waals surface area contributed by atoms with Crippen molar-refractivity contribution in [3.63, 3.8) is 0 Å². The van der Waals surface area contributed by atoms with Crippen molar-refractivity contribution in [2.45, 2.75) is 6.92 Å². The molecule has 0 saturated carbocycles. The number of benzene rings is 2. The van der Waals surface area contributed by atoms with Crippen LogP contribution in [0.2, 0.25) is 0 Å². The molecule has 0 aromatic heterocycles. The number of halogens is 1. The summed E-state index contributed by atoms with van der Waals surface area (Å²) in [5.41, 5.74) is 3.64. The van der Waals surface area contributed by atoms with Gasteiger partial charge in [0, 0.05) is 5.56 Å². The number of rotatable bonds is 6. The fourth-order valence-electron chi connectivity index (χ4n) is 1.92. The van der Waals surface area contributed by atoms with Crippen LogP contribution in [0.5, 0.6) is 17.2 Å². The van der Waals surface area contributed by atoms with Crippen molar-refractivity contribution in [3.05, 3.63) is 51.1 Å². The molecule has 0 aliphatic rings. The fourth-order valence-corrected chi connectivity index (χ4v) is 2.66. The summed E-state index contributed by atoms with van der Waals surface area (Å²) in [6, 6.07) is 9.95. The molecular formula is C17H17IN2O4. The number of phenols is 1. The van der Waals surface area contributed by atoms with Crippen molar-refractivity contribution in [1.29, 1.82) is 0 Å². The van der Waals surface area contributed by atoms with Gasteiger partial charge in [0.15, 0.2) is 11.5 Å². The highest BCUT2D eigenvalue weighted by molar-refractivity contribution is 14.1. The van der Waals surface area contributed by atoms with Crippen LogP contribution in [0.25, 0.3) is 0 Å². The molecule has 0 aliphatic heterocycles. The second-order valence-electron chi connectivity index (χ2n) is 4.71. The van der Waals surface area contributed by atoms with Crippen molar-refractivity contribution in [2.75, 3.05) is 13.7 Å². The van der Waals surface area contributed by atoms with Gasteiger partial charge in [0.1, 0.15) is 5.75 Å². The van der Waals surface area contributed by atoms with Crippen LogP contribution in [-0.2, 0) is 0 Å². The van der Waals surface area contributed by atoms with E-state index >= 15 is 0 Å². The molecule has 0 bridgehead atoms. The Morgan fingerprint density at radius 1 is 1.29 bits per heavy atom. The number of aromatic hydroxyl groups is 1. The number of nitrogens with one attached hydrogen (secondary N) is 1. The Morgan fingerprint density at radius 2 is 2.08 bits per heavy atom. The first-order valence-electron chi connectivity index (χ1n) is 7.18. The average Bonchev–Trinajstić information content (AvgIpc) is 2.57. The van der Waals surface area contributed by atoms with Gasteiger partial charge in [0.2, 0.25) is 0 Å². The zero-order chi connectivity index (χ0) is 17.5. The zero-order valence-electron chi connectivity index (χ0n) is 13.2. The molecule has 2 rings (SSSR count). The number of phenolic OH excluding ortho intramolecular Hbond substituents is 1. The number of ether oxygens (including phenoxy) is 2. The highest BCUT2D eigenvalue weighted by Gasteiger charge is 2.08. The van der Waals surface area contributed by atoms with Crippen molar-refractivity contribution < 1.29 is 19.4 Å². The van der Waals surface area contributed by atoms with Crippen LogP contribution >= 0.6 is 22.6 Å². The quantitative estimate of drug-likeness (QED) is 0.411. The predicted octanol–water partition coefficient (Wildman–Crippen LogP) is 3.17. The molecule has 0 saturated heterocycles. The number of carbonyl (C=O) groups excluding carboxylic acids is 1. The summed E-state index contributed by atoms with van der Waals surface area (Å²) in [4.78, 5) is 12.1. The predicted molar refractivity (Wildman–Crippen MR) is 100 cm³/mol. The van der Waals surface area contributed by atoms with Crippen molar-refractivity contribution in [2.24, 2.45) is 5.10 Å². The van der Waals surface area contributed by atoms with Crippen LogP contribution in [0.1, 0.15) is 22.8 Å². The SMILES string of the molecule is CCOc1cc(/C=N\NC(=O)c2ccc(OC)c(I)c2)ccc1O. The lowest BCUT2D eigenvalue weighted by molar-refractivity contribution is 0.0955. The van der Waals surface area contributed by atoms with Crippen LogP contribution in [0, 0.1) is 3.57 Å². The third-order valence-electron chi connectivity index (χ3n) is 3.08. The number of hydrogen-bond acceptors (Lipinski definition) is 5. The van der Waals surface area contributed by atoms with E-state index in [-0.39, 0.29) is 11.7 Å². The Labute approximate surface area is 153 Å². The van der Waals surface area contributed by atoms with Gasteiger partial charge in [0.05, 0.1) is 23.5 Å². The Kier molecular flexibility index (Phi) is 6.42. The number of hydrazone groups is 1. The first-order chi connectivity index (χ1) is 11.5.